The molecule has 0 bridgehead atoms. The number of aromatic nitrogens is 4. The molecule has 0 spiro atoms. The van der Waals surface area contributed by atoms with Crippen LogP contribution in [0.15, 0.2) is 18.2 Å². The van der Waals surface area contributed by atoms with Gasteiger partial charge in [-0.2, -0.15) is 0 Å². The largest absolute Gasteiger partial charge is 0.383 e. The van der Waals surface area contributed by atoms with Gasteiger partial charge in [0.05, 0.1) is 31.9 Å². The summed E-state index contributed by atoms with van der Waals surface area (Å²) in [7, 11) is 1.56. The number of carbonyl (C=O) groups excluding carboxylic acids is 1. The molecule has 10 heteroatoms. The number of carbonyl (C=O) groups is 1. The maximum absolute atomic E-state index is 13.9. The van der Waals surface area contributed by atoms with Crippen LogP contribution in [-0.2, 0) is 16.0 Å². The number of nitrogens with zero attached hydrogens (tertiary/aromatic N) is 5. The number of hydrogen-bond acceptors (Lipinski definition) is 6. The van der Waals surface area contributed by atoms with Gasteiger partial charge in [0.1, 0.15) is 6.10 Å². The van der Waals surface area contributed by atoms with E-state index >= 15 is 0 Å². The molecule has 0 saturated carbocycles. The monoisotopic (exact) mass is 353 g/mol. The second kappa shape index (κ2) is 7.62. The van der Waals surface area contributed by atoms with Gasteiger partial charge in [0, 0.05) is 13.7 Å². The van der Waals surface area contributed by atoms with Crippen LogP contribution >= 0.6 is 0 Å². The summed E-state index contributed by atoms with van der Waals surface area (Å²) in [6.07, 6.45) is -0.554. The molecule has 0 aliphatic carbocycles. The van der Waals surface area contributed by atoms with Crippen LogP contribution in [0.2, 0.25) is 0 Å². The lowest BCUT2D eigenvalue weighted by atomic mass is 10.1. The van der Waals surface area contributed by atoms with E-state index in [0.717, 1.165) is 6.07 Å². The molecular formula is C15H17F2N5O3. The Labute approximate surface area is 142 Å². The Morgan fingerprint density at radius 1 is 1.44 bits per heavy atom. The molecule has 1 saturated heterocycles. The maximum atomic E-state index is 13.9. The minimum absolute atomic E-state index is 0.141. The highest BCUT2D eigenvalue weighted by Gasteiger charge is 2.31. The lowest BCUT2D eigenvalue weighted by molar-refractivity contribution is -0.0293. The zero-order chi connectivity index (χ0) is 17.8. The summed E-state index contributed by atoms with van der Waals surface area (Å²) in [6, 6.07) is 3.53. The van der Waals surface area contributed by atoms with Crippen molar-refractivity contribution in [3.05, 3.63) is 41.2 Å². The van der Waals surface area contributed by atoms with Gasteiger partial charge in [0.25, 0.3) is 5.91 Å². The van der Waals surface area contributed by atoms with Crippen LogP contribution < -0.4 is 0 Å². The van der Waals surface area contributed by atoms with E-state index in [4.69, 9.17) is 9.47 Å². The van der Waals surface area contributed by atoms with Gasteiger partial charge in [-0.3, -0.25) is 4.79 Å². The van der Waals surface area contributed by atoms with Crippen LogP contribution in [-0.4, -0.2) is 64.4 Å². The second-order valence-corrected chi connectivity index (χ2v) is 5.47. The van der Waals surface area contributed by atoms with Gasteiger partial charge in [-0.05, 0) is 22.6 Å². The first-order valence-corrected chi connectivity index (χ1v) is 7.71. The van der Waals surface area contributed by atoms with Gasteiger partial charge >= 0.3 is 0 Å². The highest BCUT2D eigenvalue weighted by atomic mass is 19.2. The minimum Gasteiger partial charge on any atom is -0.383 e. The molecule has 0 radical (unpaired) electrons. The van der Waals surface area contributed by atoms with Crippen molar-refractivity contribution < 1.29 is 23.0 Å². The lowest BCUT2D eigenvalue weighted by Gasteiger charge is -2.32. The van der Waals surface area contributed by atoms with Gasteiger partial charge in [0.2, 0.25) is 0 Å². The Morgan fingerprint density at radius 3 is 3.08 bits per heavy atom. The van der Waals surface area contributed by atoms with Gasteiger partial charge in [-0.1, -0.05) is 6.07 Å². The molecule has 1 aromatic carbocycles. The number of benzene rings is 1. The van der Waals surface area contributed by atoms with Gasteiger partial charge in [-0.15, -0.1) is 5.10 Å². The first-order chi connectivity index (χ1) is 12.1. The number of methoxy groups -OCH3 is 1. The molecule has 0 unspecified atom stereocenters. The van der Waals surface area contributed by atoms with E-state index in [9.17, 15) is 13.6 Å². The third-order valence-electron chi connectivity index (χ3n) is 3.89. The van der Waals surface area contributed by atoms with Crippen molar-refractivity contribution in [1.82, 2.24) is 25.1 Å². The molecule has 1 atom stereocenters. The van der Waals surface area contributed by atoms with Crippen LogP contribution in [0.4, 0.5) is 8.78 Å². The van der Waals surface area contributed by atoms with E-state index in [1.807, 2.05) is 0 Å². The summed E-state index contributed by atoms with van der Waals surface area (Å²) >= 11 is 0. The van der Waals surface area contributed by atoms with E-state index < -0.39 is 23.6 Å². The molecule has 1 fully saturated rings. The van der Waals surface area contributed by atoms with Crippen LogP contribution in [0.5, 0.6) is 0 Å². The molecule has 134 valence electrons. The van der Waals surface area contributed by atoms with Gasteiger partial charge < -0.3 is 14.4 Å². The molecular weight excluding hydrogens is 336 g/mol. The molecule has 1 aliphatic heterocycles. The smallest absolute Gasteiger partial charge is 0.257 e. The van der Waals surface area contributed by atoms with Gasteiger partial charge in [0.15, 0.2) is 17.5 Å². The highest BCUT2D eigenvalue weighted by molar-refractivity contribution is 5.94. The first kappa shape index (κ1) is 17.4. The van der Waals surface area contributed by atoms with Crippen molar-refractivity contribution in [1.29, 1.82) is 0 Å². The molecule has 2 aromatic rings. The molecule has 0 N–H and O–H groups in total. The minimum atomic E-state index is -1.15. The third kappa shape index (κ3) is 3.64. The van der Waals surface area contributed by atoms with Crippen molar-refractivity contribution in [2.75, 3.05) is 33.4 Å². The highest BCUT2D eigenvalue weighted by Crippen LogP contribution is 2.22. The predicted molar refractivity (Wildman–Crippen MR) is 80.6 cm³/mol. The standard InChI is InChI=1S/C15H17F2N5O3/c1-24-7-6-22-14(18-19-20-22)12-9-21(5-8-25-12)15(23)10-3-2-4-11(16)13(10)17/h2-4,12H,5-9H2,1H3/t12-/m1/s1. The first-order valence-electron chi connectivity index (χ1n) is 7.71. The fourth-order valence-electron chi connectivity index (χ4n) is 2.61. The maximum Gasteiger partial charge on any atom is 0.257 e. The molecule has 1 aromatic heterocycles. The molecule has 3 rings (SSSR count). The van der Waals surface area contributed by atoms with E-state index in [2.05, 4.69) is 15.5 Å². The van der Waals surface area contributed by atoms with Crippen molar-refractivity contribution in [2.45, 2.75) is 12.6 Å². The Kier molecular flexibility index (Phi) is 5.29. The Balaban J connectivity index is 1.76. The number of ether oxygens (including phenoxy) is 2. The van der Waals surface area contributed by atoms with E-state index in [0.29, 0.717) is 19.0 Å². The molecule has 25 heavy (non-hydrogen) atoms. The molecule has 8 nitrogen and oxygen atoms in total. The number of tetrazole rings is 1. The fourth-order valence-corrected chi connectivity index (χ4v) is 2.61. The summed E-state index contributed by atoms with van der Waals surface area (Å²) < 4.78 is 39.4. The number of morpholine rings is 1. The zero-order valence-electron chi connectivity index (χ0n) is 13.6. The van der Waals surface area contributed by atoms with Crippen molar-refractivity contribution in [3.63, 3.8) is 0 Å². The normalized spacial score (nSPS) is 17.7. The van der Waals surface area contributed by atoms with Crippen molar-refractivity contribution in [2.24, 2.45) is 0 Å². The fraction of sp³-hybridized carbons (Fsp3) is 0.467. The topological polar surface area (TPSA) is 82.4 Å². The lowest BCUT2D eigenvalue weighted by Crippen LogP contribution is -2.43. The molecule has 1 aliphatic rings. The number of halogens is 2. The summed E-state index contributed by atoms with van der Waals surface area (Å²) in [4.78, 5) is 13.9. The van der Waals surface area contributed by atoms with Crippen molar-refractivity contribution >= 4 is 5.91 Å². The van der Waals surface area contributed by atoms with Crippen LogP contribution in [0.1, 0.15) is 22.3 Å². The van der Waals surface area contributed by atoms with E-state index in [1.165, 1.54) is 21.7 Å². The second-order valence-electron chi connectivity index (χ2n) is 5.47. The summed E-state index contributed by atoms with van der Waals surface area (Å²) in [5.74, 6) is -2.35. The summed E-state index contributed by atoms with van der Waals surface area (Å²) in [5.41, 5.74) is -0.306. The Hall–Kier alpha value is -2.46. The zero-order valence-corrected chi connectivity index (χ0v) is 13.6. The van der Waals surface area contributed by atoms with Crippen LogP contribution in [0.3, 0.4) is 0 Å². The van der Waals surface area contributed by atoms with E-state index in [1.54, 1.807) is 7.11 Å². The quantitative estimate of drug-likeness (QED) is 0.791. The summed E-state index contributed by atoms with van der Waals surface area (Å²) in [5, 5.41) is 11.4. The number of amides is 1. The number of rotatable bonds is 5. The SMILES string of the molecule is COCCn1nnnc1[C@H]1CN(C(=O)c2cccc(F)c2F)CCO1. The summed E-state index contributed by atoms with van der Waals surface area (Å²) in [6.45, 7) is 1.50. The van der Waals surface area contributed by atoms with E-state index in [-0.39, 0.29) is 25.3 Å². The van der Waals surface area contributed by atoms with Gasteiger partial charge in [-0.25, -0.2) is 13.5 Å². The van der Waals surface area contributed by atoms with Crippen molar-refractivity contribution in [3.8, 4) is 0 Å². The number of hydrogen-bond donors (Lipinski definition) is 0. The average molecular weight is 353 g/mol. The Bertz CT molecular complexity index is 755. The molecule has 2 heterocycles. The Morgan fingerprint density at radius 2 is 2.28 bits per heavy atom. The van der Waals surface area contributed by atoms with Crippen LogP contribution in [0, 0.1) is 11.6 Å². The third-order valence-corrected chi connectivity index (χ3v) is 3.89. The van der Waals surface area contributed by atoms with Crippen LogP contribution in [0.25, 0.3) is 0 Å². The average Bonchev–Trinajstić information content (AvgIpc) is 3.10. The molecule has 1 amide bonds. The predicted octanol–water partition coefficient (Wildman–Crippen LogP) is 0.811.